The number of nitrogens with zero attached hydrogens (tertiary/aromatic N) is 2. The quantitative estimate of drug-likeness (QED) is 0.769. The Bertz CT molecular complexity index is 735. The zero-order valence-electron chi connectivity index (χ0n) is 15.0. The van der Waals surface area contributed by atoms with Gasteiger partial charge in [0.25, 0.3) is 0 Å². The van der Waals surface area contributed by atoms with Crippen LogP contribution in [0.15, 0.2) is 35.4 Å². The first-order valence-corrected chi connectivity index (χ1v) is 9.64. The van der Waals surface area contributed by atoms with Crippen LogP contribution in [0.3, 0.4) is 0 Å². The van der Waals surface area contributed by atoms with E-state index in [-0.39, 0.29) is 11.2 Å². The van der Waals surface area contributed by atoms with Crippen molar-refractivity contribution in [3.8, 4) is 0 Å². The van der Waals surface area contributed by atoms with Crippen molar-refractivity contribution in [2.24, 2.45) is 11.8 Å². The van der Waals surface area contributed by atoms with Crippen LogP contribution in [0.2, 0.25) is 0 Å². The predicted molar refractivity (Wildman–Crippen MR) is 101 cm³/mol. The number of carbonyl (C=O) groups is 1. The summed E-state index contributed by atoms with van der Waals surface area (Å²) >= 11 is 1.57. The summed E-state index contributed by atoms with van der Waals surface area (Å²) in [4.78, 5) is 19.6. The van der Waals surface area contributed by atoms with E-state index in [9.17, 15) is 4.79 Å². The van der Waals surface area contributed by atoms with Gasteiger partial charge in [-0.05, 0) is 49.8 Å². The molecule has 1 aromatic carbocycles. The number of thioether (sulfide) groups is 1. The molecule has 1 amide bonds. The molecule has 1 aromatic heterocycles. The lowest BCUT2D eigenvalue weighted by atomic mass is 9.92. The minimum atomic E-state index is -0.101. The van der Waals surface area contributed by atoms with Crippen molar-refractivity contribution in [2.45, 2.75) is 44.4 Å². The fraction of sp³-hybridized carbons (Fsp3) is 0.500. The number of aryl methyl sites for hydroxylation is 1. The van der Waals surface area contributed by atoms with Crippen LogP contribution in [-0.4, -0.2) is 34.1 Å². The Balaban J connectivity index is 1.74. The molecule has 3 unspecified atom stereocenters. The van der Waals surface area contributed by atoms with Crippen molar-refractivity contribution in [3.63, 3.8) is 0 Å². The Morgan fingerprint density at radius 3 is 2.62 bits per heavy atom. The number of likely N-dealkylation sites (tertiary alicyclic amines) is 1. The summed E-state index contributed by atoms with van der Waals surface area (Å²) in [5.74, 6) is 1.43. The van der Waals surface area contributed by atoms with Gasteiger partial charge in [-0.1, -0.05) is 43.8 Å². The second-order valence-corrected chi connectivity index (χ2v) is 8.60. The van der Waals surface area contributed by atoms with Crippen LogP contribution >= 0.6 is 11.8 Å². The molecule has 128 valence electrons. The predicted octanol–water partition coefficient (Wildman–Crippen LogP) is 4.53. The first kappa shape index (κ1) is 17.3. The molecule has 3 rings (SSSR count). The van der Waals surface area contributed by atoms with Gasteiger partial charge in [0.2, 0.25) is 5.91 Å². The van der Waals surface area contributed by atoms with Gasteiger partial charge in [-0.2, -0.15) is 0 Å². The molecule has 3 nitrogen and oxygen atoms in total. The Hall–Kier alpha value is -1.55. The fourth-order valence-electron chi connectivity index (χ4n) is 3.71. The lowest BCUT2D eigenvalue weighted by Gasteiger charge is -2.36. The Kier molecular flexibility index (Phi) is 5.14. The lowest BCUT2D eigenvalue weighted by Crippen LogP contribution is -2.45. The molecule has 0 bridgehead atoms. The number of piperidine rings is 1. The molecule has 2 heterocycles. The van der Waals surface area contributed by atoms with Crippen molar-refractivity contribution < 1.29 is 4.79 Å². The highest BCUT2D eigenvalue weighted by atomic mass is 32.2. The second-order valence-electron chi connectivity index (χ2n) is 7.24. The van der Waals surface area contributed by atoms with Crippen LogP contribution in [0.1, 0.15) is 32.8 Å². The highest BCUT2D eigenvalue weighted by Gasteiger charge is 2.28. The normalized spacial score (nSPS) is 22.6. The van der Waals surface area contributed by atoms with Gasteiger partial charge in [-0.25, -0.2) is 4.98 Å². The van der Waals surface area contributed by atoms with Gasteiger partial charge < -0.3 is 4.90 Å². The van der Waals surface area contributed by atoms with Crippen LogP contribution in [0.5, 0.6) is 0 Å². The average molecular weight is 343 g/mol. The minimum absolute atomic E-state index is 0.101. The summed E-state index contributed by atoms with van der Waals surface area (Å²) in [6.07, 6.45) is 1.22. The Morgan fingerprint density at radius 2 is 1.92 bits per heavy atom. The van der Waals surface area contributed by atoms with Crippen molar-refractivity contribution >= 4 is 28.6 Å². The molecule has 0 radical (unpaired) electrons. The number of hydrogen-bond acceptors (Lipinski definition) is 3. The molecule has 1 saturated heterocycles. The zero-order chi connectivity index (χ0) is 17.3. The van der Waals surface area contributed by atoms with E-state index in [2.05, 4.69) is 32.9 Å². The molecule has 1 fully saturated rings. The Labute approximate surface area is 148 Å². The average Bonchev–Trinajstić information content (AvgIpc) is 2.53. The van der Waals surface area contributed by atoms with Gasteiger partial charge in [-0.3, -0.25) is 4.79 Å². The smallest absolute Gasteiger partial charge is 0.235 e. The third kappa shape index (κ3) is 3.75. The molecule has 0 spiro atoms. The summed E-state index contributed by atoms with van der Waals surface area (Å²) in [5, 5.41) is 2.01. The van der Waals surface area contributed by atoms with E-state index in [1.165, 1.54) is 17.4 Å². The summed E-state index contributed by atoms with van der Waals surface area (Å²) < 4.78 is 0. The van der Waals surface area contributed by atoms with Crippen molar-refractivity contribution in [3.05, 3.63) is 35.9 Å². The first-order chi connectivity index (χ1) is 11.4. The lowest BCUT2D eigenvalue weighted by molar-refractivity contribution is -0.132. The van der Waals surface area contributed by atoms with E-state index >= 15 is 0 Å². The highest BCUT2D eigenvalue weighted by molar-refractivity contribution is 8.00. The SMILES string of the molecule is Cc1cc(SC(C)C(=O)N2CC(C)CC(C)C2)nc2ccccc12. The largest absolute Gasteiger partial charge is 0.341 e. The van der Waals surface area contributed by atoms with Crippen LogP contribution in [-0.2, 0) is 4.79 Å². The third-order valence-electron chi connectivity index (χ3n) is 4.73. The number of benzene rings is 1. The van der Waals surface area contributed by atoms with Crippen molar-refractivity contribution in [1.82, 2.24) is 9.88 Å². The molecule has 0 saturated carbocycles. The molecular weight excluding hydrogens is 316 g/mol. The van der Waals surface area contributed by atoms with E-state index in [0.717, 1.165) is 23.6 Å². The molecule has 0 aliphatic carbocycles. The maximum Gasteiger partial charge on any atom is 0.235 e. The molecule has 24 heavy (non-hydrogen) atoms. The van der Waals surface area contributed by atoms with Gasteiger partial charge >= 0.3 is 0 Å². The van der Waals surface area contributed by atoms with E-state index in [1.54, 1.807) is 11.8 Å². The van der Waals surface area contributed by atoms with E-state index < -0.39 is 0 Å². The highest BCUT2D eigenvalue weighted by Crippen LogP contribution is 2.29. The number of carbonyl (C=O) groups excluding carboxylic acids is 1. The molecule has 3 atom stereocenters. The van der Waals surface area contributed by atoms with E-state index in [4.69, 9.17) is 4.98 Å². The zero-order valence-corrected chi connectivity index (χ0v) is 15.8. The minimum Gasteiger partial charge on any atom is -0.341 e. The number of pyridine rings is 1. The summed E-state index contributed by atoms with van der Waals surface area (Å²) in [6, 6.07) is 10.3. The number of rotatable bonds is 3. The number of hydrogen-bond donors (Lipinski definition) is 0. The van der Waals surface area contributed by atoms with Gasteiger partial charge in [0, 0.05) is 18.5 Å². The maximum absolute atomic E-state index is 12.8. The number of para-hydroxylation sites is 1. The van der Waals surface area contributed by atoms with Gasteiger partial charge in [0.05, 0.1) is 15.8 Å². The second kappa shape index (κ2) is 7.14. The summed E-state index contributed by atoms with van der Waals surface area (Å²) in [7, 11) is 0. The van der Waals surface area contributed by atoms with Crippen LogP contribution in [0.25, 0.3) is 10.9 Å². The number of fused-ring (bicyclic) bond motifs is 1. The molecule has 2 aromatic rings. The summed E-state index contributed by atoms with van der Waals surface area (Å²) in [6.45, 7) is 10.4. The topological polar surface area (TPSA) is 33.2 Å². The molecule has 1 aliphatic rings. The standard InChI is InChI=1S/C20H26N2OS/c1-13-9-14(2)12-22(11-13)20(23)16(4)24-19-10-15(3)17-7-5-6-8-18(17)21-19/h5-8,10,13-14,16H,9,11-12H2,1-4H3. The van der Waals surface area contributed by atoms with Gasteiger partial charge in [0.15, 0.2) is 0 Å². The molecule has 0 N–H and O–H groups in total. The maximum atomic E-state index is 12.8. The van der Waals surface area contributed by atoms with Crippen LogP contribution < -0.4 is 0 Å². The van der Waals surface area contributed by atoms with Crippen LogP contribution in [0.4, 0.5) is 0 Å². The van der Waals surface area contributed by atoms with E-state index in [1.807, 2.05) is 30.0 Å². The van der Waals surface area contributed by atoms with Gasteiger partial charge in [-0.15, -0.1) is 0 Å². The molecular formula is C20H26N2OS. The number of amides is 1. The van der Waals surface area contributed by atoms with Crippen molar-refractivity contribution in [2.75, 3.05) is 13.1 Å². The Morgan fingerprint density at radius 1 is 1.25 bits per heavy atom. The first-order valence-electron chi connectivity index (χ1n) is 8.76. The number of aromatic nitrogens is 1. The monoisotopic (exact) mass is 342 g/mol. The molecule has 1 aliphatic heterocycles. The van der Waals surface area contributed by atoms with Crippen molar-refractivity contribution in [1.29, 1.82) is 0 Å². The van der Waals surface area contributed by atoms with E-state index in [0.29, 0.717) is 11.8 Å². The fourth-order valence-corrected chi connectivity index (χ4v) is 4.72. The van der Waals surface area contributed by atoms with Crippen LogP contribution in [0, 0.1) is 18.8 Å². The molecule has 4 heteroatoms. The third-order valence-corrected chi connectivity index (χ3v) is 5.73. The van der Waals surface area contributed by atoms with Gasteiger partial charge in [0.1, 0.15) is 0 Å². The summed E-state index contributed by atoms with van der Waals surface area (Å²) in [5.41, 5.74) is 2.21.